The van der Waals surface area contributed by atoms with Gasteiger partial charge in [-0.2, -0.15) is 0 Å². The number of hydrogen-bond acceptors (Lipinski definition) is 4. The lowest BCUT2D eigenvalue weighted by Crippen LogP contribution is -2.32. The Bertz CT molecular complexity index is 658. The quantitative estimate of drug-likeness (QED) is 0.941. The van der Waals surface area contributed by atoms with Gasteiger partial charge in [0.25, 0.3) is 5.91 Å². The molecule has 0 bridgehead atoms. The minimum absolute atomic E-state index is 0.0164. The van der Waals surface area contributed by atoms with Crippen LogP contribution in [0.2, 0.25) is 0 Å². The third-order valence-corrected chi connectivity index (χ3v) is 4.06. The van der Waals surface area contributed by atoms with Crippen molar-refractivity contribution >= 4 is 5.91 Å². The summed E-state index contributed by atoms with van der Waals surface area (Å²) in [5, 5.41) is 14.9. The van der Waals surface area contributed by atoms with Gasteiger partial charge in [-0.1, -0.05) is 25.0 Å². The second kappa shape index (κ2) is 6.25. The van der Waals surface area contributed by atoms with E-state index in [9.17, 15) is 4.79 Å². The number of carbonyl (C=O) groups excluding carboxylic acids is 1. The van der Waals surface area contributed by atoms with Crippen LogP contribution in [0.4, 0.5) is 0 Å². The van der Waals surface area contributed by atoms with Gasteiger partial charge in [0.2, 0.25) is 0 Å². The molecule has 0 atom stereocenters. The second-order valence-corrected chi connectivity index (χ2v) is 6.08. The van der Waals surface area contributed by atoms with E-state index in [1.54, 1.807) is 4.68 Å². The Balaban J connectivity index is 1.82. The predicted molar refractivity (Wildman–Crippen MR) is 83.4 cm³/mol. The number of tetrazole rings is 1. The lowest BCUT2D eigenvalue weighted by atomic mass is 10.1. The Labute approximate surface area is 129 Å². The average molecular weight is 299 g/mol. The van der Waals surface area contributed by atoms with E-state index in [2.05, 4.69) is 20.8 Å². The predicted octanol–water partition coefficient (Wildman–Crippen LogP) is 2.59. The van der Waals surface area contributed by atoms with Gasteiger partial charge in [0.05, 0.1) is 6.04 Å². The number of amides is 1. The second-order valence-electron chi connectivity index (χ2n) is 6.08. The van der Waals surface area contributed by atoms with Crippen molar-refractivity contribution < 1.29 is 4.79 Å². The number of rotatable bonds is 4. The standard InChI is InChI=1S/C16H21N5O/c1-11(2)21-15(18-19-20-21)12-6-5-7-13(10-12)16(22)17-14-8-3-4-9-14/h5-7,10-11,14H,3-4,8-9H2,1-2H3,(H,17,22). The Morgan fingerprint density at radius 2 is 2.09 bits per heavy atom. The van der Waals surface area contributed by atoms with Crippen LogP contribution in [-0.2, 0) is 0 Å². The lowest BCUT2D eigenvalue weighted by Gasteiger charge is -2.13. The summed E-state index contributed by atoms with van der Waals surface area (Å²) in [6.07, 6.45) is 4.57. The molecule has 0 saturated heterocycles. The highest BCUT2D eigenvalue weighted by Crippen LogP contribution is 2.21. The molecule has 0 spiro atoms. The first-order valence-electron chi connectivity index (χ1n) is 7.84. The zero-order valence-electron chi connectivity index (χ0n) is 13.0. The molecule has 1 aromatic heterocycles. The van der Waals surface area contributed by atoms with Crippen molar-refractivity contribution in [2.24, 2.45) is 0 Å². The van der Waals surface area contributed by atoms with Gasteiger partial charge in [-0.25, -0.2) is 4.68 Å². The highest BCUT2D eigenvalue weighted by atomic mass is 16.1. The van der Waals surface area contributed by atoms with E-state index in [1.807, 2.05) is 38.1 Å². The first-order valence-corrected chi connectivity index (χ1v) is 7.84. The van der Waals surface area contributed by atoms with E-state index in [-0.39, 0.29) is 11.9 Å². The van der Waals surface area contributed by atoms with Crippen LogP contribution < -0.4 is 5.32 Å². The van der Waals surface area contributed by atoms with Gasteiger partial charge in [0, 0.05) is 17.2 Å². The number of nitrogens with one attached hydrogen (secondary N) is 1. The van der Waals surface area contributed by atoms with Crippen LogP contribution in [0.15, 0.2) is 24.3 Å². The SMILES string of the molecule is CC(C)n1nnnc1-c1cccc(C(=O)NC2CCCC2)c1. The zero-order valence-corrected chi connectivity index (χ0v) is 13.0. The van der Waals surface area contributed by atoms with Crippen LogP contribution in [0, 0.1) is 0 Å². The molecule has 1 aromatic carbocycles. The van der Waals surface area contributed by atoms with E-state index < -0.39 is 0 Å². The maximum absolute atomic E-state index is 12.4. The monoisotopic (exact) mass is 299 g/mol. The number of nitrogens with zero attached hydrogens (tertiary/aromatic N) is 4. The first kappa shape index (κ1) is 14.7. The van der Waals surface area contributed by atoms with Gasteiger partial charge in [0.1, 0.15) is 0 Å². The van der Waals surface area contributed by atoms with Crippen molar-refractivity contribution in [3.8, 4) is 11.4 Å². The minimum Gasteiger partial charge on any atom is -0.349 e. The molecule has 1 amide bonds. The number of hydrogen-bond donors (Lipinski definition) is 1. The number of aromatic nitrogens is 4. The summed E-state index contributed by atoms with van der Waals surface area (Å²) in [6.45, 7) is 4.05. The summed E-state index contributed by atoms with van der Waals surface area (Å²) in [4.78, 5) is 12.4. The normalized spacial score (nSPS) is 15.4. The highest BCUT2D eigenvalue weighted by molar-refractivity contribution is 5.95. The van der Waals surface area contributed by atoms with Crippen LogP contribution in [0.5, 0.6) is 0 Å². The molecule has 0 radical (unpaired) electrons. The summed E-state index contributed by atoms with van der Waals surface area (Å²) in [5.41, 5.74) is 1.51. The molecule has 116 valence electrons. The smallest absolute Gasteiger partial charge is 0.251 e. The summed E-state index contributed by atoms with van der Waals surface area (Å²) in [5.74, 6) is 0.669. The van der Waals surface area contributed by atoms with Gasteiger partial charge < -0.3 is 5.32 Å². The minimum atomic E-state index is -0.0164. The van der Waals surface area contributed by atoms with Crippen molar-refractivity contribution in [1.82, 2.24) is 25.5 Å². The molecule has 1 heterocycles. The Hall–Kier alpha value is -2.24. The van der Waals surface area contributed by atoms with Crippen molar-refractivity contribution in [3.05, 3.63) is 29.8 Å². The Kier molecular flexibility index (Phi) is 4.18. The van der Waals surface area contributed by atoms with E-state index in [4.69, 9.17) is 0 Å². The van der Waals surface area contributed by atoms with Crippen molar-refractivity contribution in [2.75, 3.05) is 0 Å². The first-order chi connectivity index (χ1) is 10.6. The van der Waals surface area contributed by atoms with Gasteiger partial charge in [-0.05, 0) is 49.2 Å². The van der Waals surface area contributed by atoms with Crippen LogP contribution in [0.1, 0.15) is 55.9 Å². The number of carbonyl (C=O) groups is 1. The Morgan fingerprint density at radius 1 is 1.32 bits per heavy atom. The molecule has 22 heavy (non-hydrogen) atoms. The fourth-order valence-corrected chi connectivity index (χ4v) is 2.87. The largest absolute Gasteiger partial charge is 0.349 e. The summed E-state index contributed by atoms with van der Waals surface area (Å²) in [7, 11) is 0. The molecule has 1 fully saturated rings. The molecule has 6 heteroatoms. The zero-order chi connectivity index (χ0) is 15.5. The maximum atomic E-state index is 12.4. The van der Waals surface area contributed by atoms with E-state index in [0.29, 0.717) is 17.4 Å². The van der Waals surface area contributed by atoms with Gasteiger partial charge in [-0.3, -0.25) is 4.79 Å². The molecule has 1 aliphatic rings. The molecule has 1 aliphatic carbocycles. The fraction of sp³-hybridized carbons (Fsp3) is 0.500. The summed E-state index contributed by atoms with van der Waals surface area (Å²) in [6, 6.07) is 7.97. The third-order valence-electron chi connectivity index (χ3n) is 4.06. The fourth-order valence-electron chi connectivity index (χ4n) is 2.87. The summed E-state index contributed by atoms with van der Waals surface area (Å²) < 4.78 is 1.76. The lowest BCUT2D eigenvalue weighted by molar-refractivity contribution is 0.0938. The van der Waals surface area contributed by atoms with Crippen molar-refractivity contribution in [2.45, 2.75) is 51.6 Å². The van der Waals surface area contributed by atoms with Gasteiger partial charge in [-0.15, -0.1) is 5.10 Å². The van der Waals surface area contributed by atoms with Crippen LogP contribution in [-0.4, -0.2) is 32.2 Å². The van der Waals surface area contributed by atoms with Gasteiger partial charge in [0.15, 0.2) is 5.82 Å². The Morgan fingerprint density at radius 3 is 2.82 bits per heavy atom. The number of benzene rings is 1. The molecule has 1 saturated carbocycles. The van der Waals surface area contributed by atoms with E-state index in [0.717, 1.165) is 18.4 Å². The van der Waals surface area contributed by atoms with Crippen LogP contribution in [0.25, 0.3) is 11.4 Å². The molecule has 3 rings (SSSR count). The molecule has 0 unspecified atom stereocenters. The highest BCUT2D eigenvalue weighted by Gasteiger charge is 2.19. The molecule has 6 nitrogen and oxygen atoms in total. The van der Waals surface area contributed by atoms with Gasteiger partial charge >= 0.3 is 0 Å². The van der Waals surface area contributed by atoms with E-state index in [1.165, 1.54) is 12.8 Å². The molecule has 0 aliphatic heterocycles. The van der Waals surface area contributed by atoms with Crippen LogP contribution in [0.3, 0.4) is 0 Å². The molecule has 1 N–H and O–H groups in total. The molecule has 2 aromatic rings. The van der Waals surface area contributed by atoms with Crippen molar-refractivity contribution in [3.63, 3.8) is 0 Å². The summed E-state index contributed by atoms with van der Waals surface area (Å²) >= 11 is 0. The topological polar surface area (TPSA) is 72.7 Å². The molecular formula is C16H21N5O. The van der Waals surface area contributed by atoms with Crippen molar-refractivity contribution in [1.29, 1.82) is 0 Å². The molecular weight excluding hydrogens is 278 g/mol. The van der Waals surface area contributed by atoms with Crippen LogP contribution >= 0.6 is 0 Å². The van der Waals surface area contributed by atoms with E-state index >= 15 is 0 Å². The third kappa shape index (κ3) is 3.00. The maximum Gasteiger partial charge on any atom is 0.251 e. The average Bonchev–Trinajstić information content (AvgIpc) is 3.18.